The summed E-state index contributed by atoms with van der Waals surface area (Å²) >= 11 is 0. The van der Waals surface area contributed by atoms with Crippen LogP contribution in [0.25, 0.3) is 10.9 Å². The van der Waals surface area contributed by atoms with Crippen molar-refractivity contribution in [2.75, 3.05) is 26.6 Å². The number of aromatic nitrogens is 1. The lowest BCUT2D eigenvalue weighted by Gasteiger charge is -2.14. The van der Waals surface area contributed by atoms with E-state index in [-0.39, 0.29) is 5.91 Å². The van der Waals surface area contributed by atoms with Crippen LogP contribution in [0.5, 0.6) is 17.2 Å². The minimum atomic E-state index is -0.216. The van der Waals surface area contributed by atoms with Gasteiger partial charge in [-0.1, -0.05) is 30.3 Å². The van der Waals surface area contributed by atoms with E-state index in [9.17, 15) is 4.79 Å². The summed E-state index contributed by atoms with van der Waals surface area (Å²) in [4.78, 5) is 12.9. The Bertz CT molecular complexity index is 1190. The van der Waals surface area contributed by atoms with Crippen LogP contribution in [0, 0.1) is 0 Å². The molecule has 6 heteroatoms. The third-order valence-electron chi connectivity index (χ3n) is 5.15. The van der Waals surface area contributed by atoms with Crippen LogP contribution in [-0.4, -0.2) is 31.8 Å². The van der Waals surface area contributed by atoms with Crippen LogP contribution in [0.3, 0.4) is 0 Å². The van der Waals surface area contributed by atoms with E-state index in [1.165, 1.54) is 26.9 Å². The number of amides is 1. The van der Waals surface area contributed by atoms with Crippen molar-refractivity contribution in [2.45, 2.75) is 6.54 Å². The number of carbonyl (C=O) groups is 1. The molecule has 6 nitrogen and oxygen atoms in total. The molecule has 0 bridgehead atoms. The molecule has 0 fully saturated rings. The monoisotopic (exact) mass is 416 g/mol. The average Bonchev–Trinajstić information content (AvgIpc) is 3.20. The van der Waals surface area contributed by atoms with Gasteiger partial charge in [-0.2, -0.15) is 0 Å². The van der Waals surface area contributed by atoms with Gasteiger partial charge in [-0.3, -0.25) is 4.79 Å². The molecule has 158 valence electrons. The van der Waals surface area contributed by atoms with Crippen LogP contribution in [0.4, 0.5) is 5.69 Å². The van der Waals surface area contributed by atoms with Gasteiger partial charge < -0.3 is 24.1 Å². The number of carbonyl (C=O) groups excluding carboxylic acids is 1. The highest BCUT2D eigenvalue weighted by atomic mass is 16.5. The summed E-state index contributed by atoms with van der Waals surface area (Å²) in [5, 5.41) is 3.92. The molecule has 0 saturated carbocycles. The number of fused-ring (bicyclic) bond motifs is 1. The Hall–Kier alpha value is -3.93. The number of hydrogen-bond donors (Lipinski definition) is 1. The van der Waals surface area contributed by atoms with E-state index in [0.717, 1.165) is 17.4 Å². The topological polar surface area (TPSA) is 61.7 Å². The van der Waals surface area contributed by atoms with Crippen molar-refractivity contribution in [2.24, 2.45) is 0 Å². The van der Waals surface area contributed by atoms with Crippen molar-refractivity contribution < 1.29 is 19.0 Å². The van der Waals surface area contributed by atoms with Crippen molar-refractivity contribution in [3.8, 4) is 17.2 Å². The van der Waals surface area contributed by atoms with E-state index in [1.807, 2.05) is 48.7 Å². The molecule has 0 unspecified atom stereocenters. The molecule has 0 radical (unpaired) electrons. The molecule has 3 aromatic carbocycles. The van der Waals surface area contributed by atoms with Gasteiger partial charge in [-0.15, -0.1) is 0 Å². The van der Waals surface area contributed by atoms with Crippen LogP contribution in [-0.2, 0) is 6.54 Å². The fraction of sp³-hybridized carbons (Fsp3) is 0.160. The number of ether oxygens (including phenoxy) is 3. The zero-order valence-corrected chi connectivity index (χ0v) is 17.7. The van der Waals surface area contributed by atoms with Crippen LogP contribution in [0.2, 0.25) is 0 Å². The van der Waals surface area contributed by atoms with Crippen LogP contribution in [0.1, 0.15) is 15.9 Å². The van der Waals surface area contributed by atoms with Crippen molar-refractivity contribution >= 4 is 22.5 Å². The molecule has 0 spiro atoms. The summed E-state index contributed by atoms with van der Waals surface area (Å²) in [5.41, 5.74) is 3.43. The highest BCUT2D eigenvalue weighted by molar-refractivity contribution is 6.06. The van der Waals surface area contributed by atoms with Gasteiger partial charge in [0.05, 0.1) is 21.3 Å². The highest BCUT2D eigenvalue weighted by Gasteiger charge is 2.15. The van der Waals surface area contributed by atoms with Gasteiger partial charge in [0, 0.05) is 47.0 Å². The van der Waals surface area contributed by atoms with Gasteiger partial charge in [0.2, 0.25) is 5.75 Å². The number of hydrogen-bond acceptors (Lipinski definition) is 4. The molecule has 1 N–H and O–H groups in total. The second-order valence-corrected chi connectivity index (χ2v) is 7.07. The second kappa shape index (κ2) is 8.83. The predicted octanol–water partition coefficient (Wildman–Crippen LogP) is 4.97. The van der Waals surface area contributed by atoms with Gasteiger partial charge in [-0.05, 0) is 29.8 Å². The minimum Gasteiger partial charge on any atom is -0.493 e. The highest BCUT2D eigenvalue weighted by Crippen LogP contribution is 2.40. The van der Waals surface area contributed by atoms with Crippen LogP contribution in [0.15, 0.2) is 72.9 Å². The maximum Gasteiger partial charge on any atom is 0.255 e. The first kappa shape index (κ1) is 20.3. The van der Waals surface area contributed by atoms with Crippen molar-refractivity contribution in [1.82, 2.24) is 4.57 Å². The van der Waals surface area contributed by atoms with Crippen LogP contribution < -0.4 is 19.5 Å². The molecule has 31 heavy (non-hydrogen) atoms. The molecule has 0 aliphatic rings. The van der Waals surface area contributed by atoms with Gasteiger partial charge in [0.15, 0.2) is 11.5 Å². The first-order valence-electron chi connectivity index (χ1n) is 9.87. The minimum absolute atomic E-state index is 0.216. The second-order valence-electron chi connectivity index (χ2n) is 7.07. The number of benzene rings is 3. The third kappa shape index (κ3) is 4.19. The molecule has 1 heterocycles. The van der Waals surface area contributed by atoms with Crippen molar-refractivity contribution in [3.05, 3.63) is 84.1 Å². The first-order chi connectivity index (χ1) is 15.1. The summed E-state index contributed by atoms with van der Waals surface area (Å²) in [5.74, 6) is 1.22. The van der Waals surface area contributed by atoms with Gasteiger partial charge in [-0.25, -0.2) is 0 Å². The molecule has 4 aromatic rings. The summed E-state index contributed by atoms with van der Waals surface area (Å²) in [7, 11) is 4.62. The zero-order valence-electron chi connectivity index (χ0n) is 17.7. The molecule has 4 rings (SSSR count). The van der Waals surface area contributed by atoms with E-state index in [1.54, 1.807) is 12.1 Å². The van der Waals surface area contributed by atoms with Gasteiger partial charge >= 0.3 is 0 Å². The number of nitrogens with one attached hydrogen (secondary N) is 1. The number of methoxy groups -OCH3 is 3. The fourth-order valence-electron chi connectivity index (χ4n) is 3.62. The Morgan fingerprint density at radius 3 is 2.23 bits per heavy atom. The van der Waals surface area contributed by atoms with Gasteiger partial charge in [0.1, 0.15) is 0 Å². The number of anilines is 1. The Morgan fingerprint density at radius 1 is 0.871 bits per heavy atom. The van der Waals surface area contributed by atoms with E-state index in [4.69, 9.17) is 14.2 Å². The first-order valence-corrected chi connectivity index (χ1v) is 9.87. The molecular formula is C25H24N2O4. The lowest BCUT2D eigenvalue weighted by molar-refractivity contribution is 0.102. The quantitative estimate of drug-likeness (QED) is 0.462. The average molecular weight is 416 g/mol. The molecule has 0 atom stereocenters. The standard InChI is InChI=1S/C25H24N2O4/c1-29-22-14-20(15-23(30-2)24(22)31-3)26-25(28)19-9-10-21-18(13-19)11-12-27(21)16-17-7-5-4-6-8-17/h4-15H,16H2,1-3H3,(H,26,28). The lowest BCUT2D eigenvalue weighted by atomic mass is 10.1. The summed E-state index contributed by atoms with van der Waals surface area (Å²) < 4.78 is 18.2. The molecular weight excluding hydrogens is 392 g/mol. The molecule has 0 aliphatic heterocycles. The molecule has 0 saturated heterocycles. The van der Waals surface area contributed by atoms with E-state index >= 15 is 0 Å². The number of nitrogens with zero attached hydrogens (tertiary/aromatic N) is 1. The maximum absolute atomic E-state index is 12.9. The third-order valence-corrected chi connectivity index (χ3v) is 5.15. The van der Waals surface area contributed by atoms with E-state index < -0.39 is 0 Å². The van der Waals surface area contributed by atoms with Crippen molar-refractivity contribution in [3.63, 3.8) is 0 Å². The van der Waals surface area contributed by atoms with Crippen molar-refractivity contribution in [1.29, 1.82) is 0 Å². The SMILES string of the molecule is COc1cc(NC(=O)c2ccc3c(ccn3Cc3ccccc3)c2)cc(OC)c1OC. The van der Waals surface area contributed by atoms with Crippen LogP contribution >= 0.6 is 0 Å². The molecule has 0 aliphatic carbocycles. The maximum atomic E-state index is 12.9. The molecule has 1 amide bonds. The summed E-state index contributed by atoms with van der Waals surface area (Å²) in [6, 6.07) is 21.4. The van der Waals surface area contributed by atoms with E-state index in [2.05, 4.69) is 22.0 Å². The van der Waals surface area contributed by atoms with E-state index in [0.29, 0.717) is 28.5 Å². The Morgan fingerprint density at radius 2 is 1.58 bits per heavy atom. The Kier molecular flexibility index (Phi) is 5.80. The Balaban J connectivity index is 1.57. The largest absolute Gasteiger partial charge is 0.493 e. The smallest absolute Gasteiger partial charge is 0.255 e. The lowest BCUT2D eigenvalue weighted by Crippen LogP contribution is -2.12. The zero-order chi connectivity index (χ0) is 21.8. The summed E-state index contributed by atoms with van der Waals surface area (Å²) in [6.07, 6.45) is 2.04. The summed E-state index contributed by atoms with van der Waals surface area (Å²) in [6.45, 7) is 0.779. The Labute approximate surface area is 181 Å². The normalized spacial score (nSPS) is 10.7. The molecule has 1 aromatic heterocycles. The predicted molar refractivity (Wildman–Crippen MR) is 122 cm³/mol. The van der Waals surface area contributed by atoms with Gasteiger partial charge in [0.25, 0.3) is 5.91 Å². The number of rotatable bonds is 7. The fourth-order valence-corrected chi connectivity index (χ4v) is 3.62.